The largest absolute Gasteiger partial charge is 0.468 e. The van der Waals surface area contributed by atoms with Crippen LogP contribution in [0.15, 0.2) is 62.7 Å². The molecule has 0 saturated carbocycles. The molecule has 0 spiro atoms. The number of likely N-dealkylation sites (tertiary alicyclic amines) is 1. The third-order valence-corrected chi connectivity index (χ3v) is 5.89. The van der Waals surface area contributed by atoms with Gasteiger partial charge in [0.15, 0.2) is 0 Å². The molecule has 2 aromatic heterocycles. The summed E-state index contributed by atoms with van der Waals surface area (Å²) in [7, 11) is 0. The molecule has 7 heteroatoms. The van der Waals surface area contributed by atoms with Crippen LogP contribution in [-0.4, -0.2) is 32.3 Å². The number of benzene rings is 1. The fourth-order valence-electron chi connectivity index (χ4n) is 4.45. The Balaban J connectivity index is 1.45. The van der Waals surface area contributed by atoms with Crippen LogP contribution in [0.25, 0.3) is 0 Å². The molecule has 0 bridgehead atoms. The van der Waals surface area contributed by atoms with Crippen LogP contribution in [0.3, 0.4) is 0 Å². The maximum atomic E-state index is 12.7. The van der Waals surface area contributed by atoms with Crippen LogP contribution in [0.2, 0.25) is 0 Å². The summed E-state index contributed by atoms with van der Waals surface area (Å²) in [6.45, 7) is 3.45. The lowest BCUT2D eigenvalue weighted by Gasteiger charge is -2.33. The monoisotopic (exact) mass is 378 g/mol. The number of fused-ring (bicyclic) bond motifs is 3. The first-order chi connectivity index (χ1) is 13.7. The van der Waals surface area contributed by atoms with Crippen molar-refractivity contribution in [2.45, 2.75) is 32.0 Å². The van der Waals surface area contributed by atoms with E-state index in [0.717, 1.165) is 43.2 Å². The van der Waals surface area contributed by atoms with Gasteiger partial charge in [-0.2, -0.15) is 5.10 Å². The van der Waals surface area contributed by atoms with E-state index < -0.39 is 11.1 Å². The molecule has 0 radical (unpaired) electrons. The quantitative estimate of drug-likeness (QED) is 0.646. The standard InChI is InChI=1S/C21H22N4O3/c26-20-21(27)25(11-15-5-2-1-3-6-15)22-19-18-14-23(13-17-7-4-10-28-17)9-8-16(18)12-24(19)20/h1-7,10,16,18H,8-9,11-14H2/t16-,18+/m0/s1. The average molecular weight is 378 g/mol. The molecule has 0 aliphatic carbocycles. The number of rotatable bonds is 4. The number of hydrogen-bond donors (Lipinski definition) is 0. The summed E-state index contributed by atoms with van der Waals surface area (Å²) >= 11 is 0. The Hall–Kier alpha value is -2.93. The van der Waals surface area contributed by atoms with Gasteiger partial charge in [0, 0.05) is 19.0 Å². The van der Waals surface area contributed by atoms with E-state index >= 15 is 0 Å². The van der Waals surface area contributed by atoms with Crippen molar-refractivity contribution >= 4 is 0 Å². The third-order valence-electron chi connectivity index (χ3n) is 5.89. The first-order valence-corrected chi connectivity index (χ1v) is 9.69. The van der Waals surface area contributed by atoms with Crippen LogP contribution in [-0.2, 0) is 19.6 Å². The van der Waals surface area contributed by atoms with Crippen LogP contribution in [0.4, 0.5) is 0 Å². The summed E-state index contributed by atoms with van der Waals surface area (Å²) in [4.78, 5) is 27.6. The normalized spacial score (nSPS) is 21.4. The summed E-state index contributed by atoms with van der Waals surface area (Å²) in [6, 6.07) is 13.5. The summed E-state index contributed by atoms with van der Waals surface area (Å²) < 4.78 is 8.42. The number of aromatic nitrogens is 3. The van der Waals surface area contributed by atoms with Crippen molar-refractivity contribution in [3.63, 3.8) is 0 Å². The van der Waals surface area contributed by atoms with Gasteiger partial charge in [0.1, 0.15) is 11.6 Å². The molecule has 0 unspecified atom stereocenters. The molecule has 1 fully saturated rings. The van der Waals surface area contributed by atoms with E-state index in [-0.39, 0.29) is 5.92 Å². The van der Waals surface area contributed by atoms with Gasteiger partial charge in [0.25, 0.3) is 0 Å². The van der Waals surface area contributed by atoms with Crippen molar-refractivity contribution in [1.29, 1.82) is 0 Å². The smallest absolute Gasteiger partial charge is 0.332 e. The van der Waals surface area contributed by atoms with Crippen LogP contribution in [0.5, 0.6) is 0 Å². The van der Waals surface area contributed by atoms with Crippen molar-refractivity contribution in [2.24, 2.45) is 5.92 Å². The SMILES string of the molecule is O=c1c(=O)n2c(nn1Cc1ccccc1)[C@@H]1CN(Cc3ccco3)CC[C@H]1C2. The fourth-order valence-corrected chi connectivity index (χ4v) is 4.45. The molecule has 144 valence electrons. The van der Waals surface area contributed by atoms with E-state index in [2.05, 4.69) is 10.00 Å². The summed E-state index contributed by atoms with van der Waals surface area (Å²) in [6.07, 6.45) is 2.68. The van der Waals surface area contributed by atoms with Gasteiger partial charge >= 0.3 is 11.1 Å². The minimum Gasteiger partial charge on any atom is -0.468 e. The molecule has 28 heavy (non-hydrogen) atoms. The van der Waals surface area contributed by atoms with Crippen LogP contribution < -0.4 is 11.1 Å². The van der Waals surface area contributed by atoms with Crippen LogP contribution in [0.1, 0.15) is 29.5 Å². The Morgan fingerprint density at radius 2 is 1.86 bits per heavy atom. The molecule has 3 aromatic rings. The van der Waals surface area contributed by atoms with Crippen molar-refractivity contribution in [2.75, 3.05) is 13.1 Å². The molecular formula is C21H22N4O3. The first kappa shape index (κ1) is 17.2. The molecule has 2 aliphatic heterocycles. The zero-order valence-corrected chi connectivity index (χ0v) is 15.5. The Kier molecular flexibility index (Phi) is 4.24. The number of nitrogens with zero attached hydrogens (tertiary/aromatic N) is 4. The maximum absolute atomic E-state index is 12.7. The van der Waals surface area contributed by atoms with Gasteiger partial charge in [-0.25, -0.2) is 4.68 Å². The van der Waals surface area contributed by atoms with Gasteiger partial charge < -0.3 is 4.42 Å². The lowest BCUT2D eigenvalue weighted by molar-refractivity contribution is 0.148. The molecule has 0 amide bonds. The molecule has 2 atom stereocenters. The van der Waals surface area contributed by atoms with Gasteiger partial charge in [0.2, 0.25) is 0 Å². The van der Waals surface area contributed by atoms with Gasteiger partial charge in [-0.15, -0.1) is 0 Å². The summed E-state index contributed by atoms with van der Waals surface area (Å²) in [5.74, 6) is 2.21. The molecular weight excluding hydrogens is 356 g/mol. The van der Waals surface area contributed by atoms with Crippen LogP contribution >= 0.6 is 0 Å². The van der Waals surface area contributed by atoms with Crippen molar-refractivity contribution in [1.82, 2.24) is 19.2 Å². The minimum atomic E-state index is -0.543. The second kappa shape index (κ2) is 6.91. The Morgan fingerprint density at radius 1 is 1.00 bits per heavy atom. The second-order valence-corrected chi connectivity index (χ2v) is 7.69. The third kappa shape index (κ3) is 3.01. The molecule has 1 saturated heterocycles. The molecule has 0 N–H and O–H groups in total. The highest BCUT2D eigenvalue weighted by Crippen LogP contribution is 2.37. The Bertz CT molecular complexity index is 1090. The average Bonchev–Trinajstić information content (AvgIpc) is 3.35. The van der Waals surface area contributed by atoms with Gasteiger partial charge in [-0.3, -0.25) is 19.1 Å². The van der Waals surface area contributed by atoms with Crippen molar-refractivity contribution in [3.8, 4) is 0 Å². The van der Waals surface area contributed by atoms with E-state index in [1.54, 1.807) is 10.8 Å². The van der Waals surface area contributed by atoms with Gasteiger partial charge in [-0.1, -0.05) is 30.3 Å². The highest BCUT2D eigenvalue weighted by atomic mass is 16.3. The number of hydrogen-bond acceptors (Lipinski definition) is 5. The number of piperidine rings is 1. The molecule has 4 heterocycles. The molecule has 1 aromatic carbocycles. The highest BCUT2D eigenvalue weighted by Gasteiger charge is 2.40. The van der Waals surface area contributed by atoms with E-state index in [4.69, 9.17) is 4.42 Å². The lowest BCUT2D eigenvalue weighted by atomic mass is 9.87. The summed E-state index contributed by atoms with van der Waals surface area (Å²) in [5, 5.41) is 4.64. The Labute approximate surface area is 161 Å². The first-order valence-electron chi connectivity index (χ1n) is 9.69. The topological polar surface area (TPSA) is 73.3 Å². The van der Waals surface area contributed by atoms with Crippen molar-refractivity contribution < 1.29 is 4.42 Å². The van der Waals surface area contributed by atoms with E-state index in [1.807, 2.05) is 42.5 Å². The maximum Gasteiger partial charge on any atom is 0.332 e. The van der Waals surface area contributed by atoms with Gasteiger partial charge in [-0.05, 0) is 36.6 Å². The van der Waals surface area contributed by atoms with E-state index in [9.17, 15) is 9.59 Å². The fraction of sp³-hybridized carbons (Fsp3) is 0.381. The number of furan rings is 1. The minimum absolute atomic E-state index is 0.166. The predicted octanol–water partition coefficient (Wildman–Crippen LogP) is 1.67. The van der Waals surface area contributed by atoms with Crippen LogP contribution in [0, 0.1) is 5.92 Å². The van der Waals surface area contributed by atoms with Gasteiger partial charge in [0.05, 0.1) is 19.4 Å². The predicted molar refractivity (Wildman–Crippen MR) is 103 cm³/mol. The summed E-state index contributed by atoms with van der Waals surface area (Å²) in [5.41, 5.74) is -0.0364. The Morgan fingerprint density at radius 3 is 2.64 bits per heavy atom. The van der Waals surface area contributed by atoms with E-state index in [1.165, 1.54) is 4.68 Å². The molecule has 2 aliphatic rings. The molecule has 7 nitrogen and oxygen atoms in total. The second-order valence-electron chi connectivity index (χ2n) is 7.69. The highest BCUT2D eigenvalue weighted by molar-refractivity contribution is 5.16. The van der Waals surface area contributed by atoms with Crippen molar-refractivity contribution in [3.05, 3.63) is 86.6 Å². The zero-order chi connectivity index (χ0) is 19.1. The lowest BCUT2D eigenvalue weighted by Crippen LogP contribution is -2.43. The van der Waals surface area contributed by atoms with E-state index in [0.29, 0.717) is 19.0 Å². The zero-order valence-electron chi connectivity index (χ0n) is 15.5. The molecule has 5 rings (SSSR count).